The highest BCUT2D eigenvalue weighted by molar-refractivity contribution is 6.10. The molecule has 0 bridgehead atoms. The molecular formula is C26H26N4O2. The van der Waals surface area contributed by atoms with Crippen LogP contribution < -0.4 is 9.91 Å². The number of carbonyl (C=O) groups excluding carboxylic acids is 2. The fraction of sp³-hybridized carbons (Fsp3) is 0.231. The molecule has 0 saturated carbocycles. The van der Waals surface area contributed by atoms with E-state index in [9.17, 15) is 9.59 Å². The van der Waals surface area contributed by atoms with E-state index >= 15 is 0 Å². The zero-order valence-corrected chi connectivity index (χ0v) is 18.5. The number of aromatic nitrogens is 1. The predicted molar refractivity (Wildman–Crippen MR) is 127 cm³/mol. The SMILES string of the molecule is CN(/C(=N\N(C=O)c1ccccc1)c1ccc2c(n1)CCC(C)(C)C2=O)c1ccccc1. The molecule has 1 amide bonds. The average Bonchev–Trinajstić information content (AvgIpc) is 2.83. The third-order valence-corrected chi connectivity index (χ3v) is 5.83. The van der Waals surface area contributed by atoms with Crippen LogP contribution in [0.5, 0.6) is 0 Å². The number of hydrogen-bond donors (Lipinski definition) is 0. The first-order chi connectivity index (χ1) is 15.4. The molecule has 4 rings (SSSR count). The Hall–Kier alpha value is -3.80. The molecule has 1 aliphatic rings. The highest BCUT2D eigenvalue weighted by Crippen LogP contribution is 2.34. The maximum Gasteiger partial charge on any atom is 0.234 e. The number of ketones is 1. The molecule has 2 aromatic carbocycles. The number of aryl methyl sites for hydroxylation is 1. The van der Waals surface area contributed by atoms with Crippen LogP contribution in [0.3, 0.4) is 0 Å². The van der Waals surface area contributed by atoms with E-state index < -0.39 is 0 Å². The van der Waals surface area contributed by atoms with Crippen molar-refractivity contribution in [2.24, 2.45) is 10.5 Å². The second kappa shape index (κ2) is 8.75. The summed E-state index contributed by atoms with van der Waals surface area (Å²) in [6.45, 7) is 3.95. The van der Waals surface area contributed by atoms with Crippen molar-refractivity contribution < 1.29 is 9.59 Å². The Kier molecular flexibility index (Phi) is 5.86. The van der Waals surface area contributed by atoms with Gasteiger partial charge in [-0.15, -0.1) is 5.10 Å². The number of fused-ring (bicyclic) bond motifs is 1. The molecule has 162 valence electrons. The van der Waals surface area contributed by atoms with Crippen LogP contribution in [0.2, 0.25) is 0 Å². The van der Waals surface area contributed by atoms with Gasteiger partial charge in [0.1, 0.15) is 5.69 Å². The van der Waals surface area contributed by atoms with Gasteiger partial charge in [0.15, 0.2) is 11.6 Å². The van der Waals surface area contributed by atoms with E-state index in [1.165, 1.54) is 5.01 Å². The van der Waals surface area contributed by atoms with Crippen LogP contribution in [-0.4, -0.2) is 30.1 Å². The first-order valence-electron chi connectivity index (χ1n) is 10.6. The summed E-state index contributed by atoms with van der Waals surface area (Å²) in [4.78, 5) is 31.5. The summed E-state index contributed by atoms with van der Waals surface area (Å²) in [5.74, 6) is 0.624. The molecule has 1 heterocycles. The molecule has 0 atom stereocenters. The van der Waals surface area contributed by atoms with Gasteiger partial charge < -0.3 is 4.90 Å². The Morgan fingerprint density at radius 2 is 1.59 bits per heavy atom. The van der Waals surface area contributed by atoms with Gasteiger partial charge in [-0.25, -0.2) is 9.99 Å². The number of para-hydroxylation sites is 2. The Labute approximate surface area is 188 Å². The molecule has 0 saturated heterocycles. The molecule has 3 aromatic rings. The Morgan fingerprint density at radius 1 is 0.969 bits per heavy atom. The highest BCUT2D eigenvalue weighted by atomic mass is 16.1. The Morgan fingerprint density at radius 3 is 2.22 bits per heavy atom. The van der Waals surface area contributed by atoms with Crippen LogP contribution in [0.25, 0.3) is 0 Å². The summed E-state index contributed by atoms with van der Waals surface area (Å²) in [5.41, 5.74) is 3.22. The molecule has 0 radical (unpaired) electrons. The topological polar surface area (TPSA) is 65.9 Å². The first-order valence-corrected chi connectivity index (χ1v) is 10.6. The number of pyridine rings is 1. The quantitative estimate of drug-likeness (QED) is 0.257. The van der Waals surface area contributed by atoms with Crippen molar-refractivity contribution >= 4 is 29.4 Å². The Balaban J connectivity index is 1.81. The number of rotatable bonds is 5. The number of amides is 1. The van der Waals surface area contributed by atoms with Crippen molar-refractivity contribution in [2.45, 2.75) is 26.7 Å². The summed E-state index contributed by atoms with van der Waals surface area (Å²) in [6, 6.07) is 22.6. The molecular weight excluding hydrogens is 400 g/mol. The van der Waals surface area contributed by atoms with Crippen molar-refractivity contribution in [3.63, 3.8) is 0 Å². The molecule has 0 unspecified atom stereocenters. The third kappa shape index (κ3) is 4.17. The zero-order valence-electron chi connectivity index (χ0n) is 18.5. The number of hydrazone groups is 1. The minimum absolute atomic E-state index is 0.117. The van der Waals surface area contributed by atoms with Gasteiger partial charge in [0.25, 0.3) is 0 Å². The van der Waals surface area contributed by atoms with Crippen LogP contribution in [0.1, 0.15) is 42.0 Å². The van der Waals surface area contributed by atoms with E-state index in [0.717, 1.165) is 24.2 Å². The van der Waals surface area contributed by atoms with E-state index in [1.807, 2.05) is 98.6 Å². The fourth-order valence-electron chi connectivity index (χ4n) is 3.82. The van der Waals surface area contributed by atoms with Gasteiger partial charge in [0, 0.05) is 23.7 Å². The van der Waals surface area contributed by atoms with Gasteiger partial charge in [-0.3, -0.25) is 9.59 Å². The summed E-state index contributed by atoms with van der Waals surface area (Å²) in [7, 11) is 1.89. The van der Waals surface area contributed by atoms with Gasteiger partial charge in [-0.2, -0.15) is 0 Å². The number of hydrogen-bond acceptors (Lipinski definition) is 4. The molecule has 32 heavy (non-hydrogen) atoms. The third-order valence-electron chi connectivity index (χ3n) is 5.83. The molecule has 6 nitrogen and oxygen atoms in total. The molecule has 0 fully saturated rings. The van der Waals surface area contributed by atoms with Gasteiger partial charge >= 0.3 is 0 Å². The highest BCUT2D eigenvalue weighted by Gasteiger charge is 2.35. The number of amidine groups is 1. The fourth-order valence-corrected chi connectivity index (χ4v) is 3.82. The maximum atomic E-state index is 12.8. The smallest absolute Gasteiger partial charge is 0.234 e. The molecule has 0 spiro atoms. The second-order valence-electron chi connectivity index (χ2n) is 8.51. The molecule has 1 aromatic heterocycles. The van der Waals surface area contributed by atoms with Crippen LogP contribution in [0.15, 0.2) is 77.9 Å². The van der Waals surface area contributed by atoms with Gasteiger partial charge in [-0.1, -0.05) is 50.2 Å². The molecule has 0 aliphatic heterocycles. The lowest BCUT2D eigenvalue weighted by Crippen LogP contribution is -2.34. The summed E-state index contributed by atoms with van der Waals surface area (Å²) >= 11 is 0. The molecule has 0 N–H and O–H groups in total. The minimum Gasteiger partial charge on any atom is -0.326 e. The minimum atomic E-state index is -0.379. The summed E-state index contributed by atoms with van der Waals surface area (Å²) < 4.78 is 0. The van der Waals surface area contributed by atoms with Gasteiger partial charge in [-0.05, 0) is 49.2 Å². The van der Waals surface area contributed by atoms with E-state index in [4.69, 9.17) is 4.98 Å². The van der Waals surface area contributed by atoms with Gasteiger partial charge in [0.05, 0.1) is 11.4 Å². The van der Waals surface area contributed by atoms with Crippen molar-refractivity contribution in [3.8, 4) is 0 Å². The molecule has 1 aliphatic carbocycles. The lowest BCUT2D eigenvalue weighted by atomic mass is 9.75. The van der Waals surface area contributed by atoms with E-state index in [-0.39, 0.29) is 11.2 Å². The maximum absolute atomic E-state index is 12.8. The largest absolute Gasteiger partial charge is 0.326 e. The number of anilines is 2. The van der Waals surface area contributed by atoms with Crippen molar-refractivity contribution in [1.29, 1.82) is 0 Å². The second-order valence-corrected chi connectivity index (χ2v) is 8.51. The number of nitrogens with zero attached hydrogens (tertiary/aromatic N) is 4. The van der Waals surface area contributed by atoms with Crippen LogP contribution >= 0.6 is 0 Å². The lowest BCUT2D eigenvalue weighted by molar-refractivity contribution is -0.107. The predicted octanol–water partition coefficient (Wildman–Crippen LogP) is 4.70. The number of Topliss-reactive ketones (excluding diaryl/α,β-unsaturated/α-hetero) is 1. The van der Waals surface area contributed by atoms with Crippen molar-refractivity contribution in [3.05, 3.63) is 89.7 Å². The number of carbonyl (C=O) groups is 2. The summed E-state index contributed by atoms with van der Waals surface area (Å²) in [5, 5.41) is 5.96. The van der Waals surface area contributed by atoms with E-state index in [1.54, 1.807) is 0 Å². The normalized spacial score (nSPS) is 15.1. The van der Waals surface area contributed by atoms with Crippen molar-refractivity contribution in [1.82, 2.24) is 4.98 Å². The van der Waals surface area contributed by atoms with Crippen LogP contribution in [-0.2, 0) is 11.2 Å². The monoisotopic (exact) mass is 426 g/mol. The standard InChI is InChI=1S/C26H26N4O2/c1-26(2)17-16-22-21(24(26)32)14-15-23(27-22)25(29(3)19-10-6-4-7-11-19)28-30(18-31)20-12-8-5-9-13-20/h4-15,18H,16-17H2,1-3H3/b28-25-. The lowest BCUT2D eigenvalue weighted by Gasteiger charge is -2.29. The van der Waals surface area contributed by atoms with Crippen LogP contribution in [0, 0.1) is 5.41 Å². The number of benzene rings is 2. The average molecular weight is 427 g/mol. The first kappa shape index (κ1) is 21.4. The molecule has 6 heteroatoms. The van der Waals surface area contributed by atoms with Gasteiger partial charge in [0.2, 0.25) is 6.41 Å². The van der Waals surface area contributed by atoms with Crippen molar-refractivity contribution in [2.75, 3.05) is 17.0 Å². The summed E-state index contributed by atoms with van der Waals surface area (Å²) in [6.07, 6.45) is 2.15. The van der Waals surface area contributed by atoms with Crippen LogP contribution in [0.4, 0.5) is 11.4 Å². The van der Waals surface area contributed by atoms with E-state index in [2.05, 4.69) is 5.10 Å². The zero-order chi connectivity index (χ0) is 22.7. The van der Waals surface area contributed by atoms with E-state index in [0.29, 0.717) is 29.2 Å². The Bertz CT molecular complexity index is 1160.